The highest BCUT2D eigenvalue weighted by Gasteiger charge is 2.54. The van der Waals surface area contributed by atoms with E-state index in [1.807, 2.05) is 17.0 Å². The highest BCUT2D eigenvalue weighted by Crippen LogP contribution is 2.44. The van der Waals surface area contributed by atoms with Gasteiger partial charge in [-0.1, -0.05) is 26.0 Å². The number of carbonyl (C=O) groups excluding carboxylic acids is 1. The molecule has 0 atom stereocenters. The normalized spacial score (nSPS) is 23.5. The number of carbonyl (C=O) groups is 1. The molecule has 3 fully saturated rings. The molecule has 2 saturated heterocycles. The monoisotopic (exact) mass is 376 g/mol. The lowest BCUT2D eigenvalue weighted by Crippen LogP contribution is -2.65. The van der Waals surface area contributed by atoms with Gasteiger partial charge in [0.25, 0.3) is 0 Å². The van der Waals surface area contributed by atoms with Crippen molar-refractivity contribution in [1.29, 1.82) is 0 Å². The lowest BCUT2D eigenvalue weighted by molar-refractivity contribution is -0.164. The minimum absolute atomic E-state index is 0.253. The van der Waals surface area contributed by atoms with Gasteiger partial charge in [-0.15, -0.1) is 0 Å². The summed E-state index contributed by atoms with van der Waals surface area (Å²) in [4.78, 5) is 14.9. The summed E-state index contributed by atoms with van der Waals surface area (Å²) in [5, 5.41) is 0. The van der Waals surface area contributed by atoms with Crippen molar-refractivity contribution in [2.24, 2.45) is 11.3 Å². The number of piperidine rings is 1. The summed E-state index contributed by atoms with van der Waals surface area (Å²) in [5.41, 5.74) is 0.847. The van der Waals surface area contributed by atoms with Gasteiger partial charge >= 0.3 is 0 Å². The zero-order chi connectivity index (χ0) is 18.5. The van der Waals surface area contributed by atoms with Crippen LogP contribution in [-0.2, 0) is 14.8 Å². The third kappa shape index (κ3) is 3.07. The average molecular weight is 377 g/mol. The predicted octanol–water partition coefficient (Wildman–Crippen LogP) is 2.83. The molecule has 0 radical (unpaired) electrons. The standard InChI is InChI=1S/C20H28N2O3S/c1-15(2)17-5-7-18(8-6-17)26(24,25)22-11-9-20(10-12-22)14-21(19(20)23)13-16-3-4-16/h5-8,15-16H,3-4,9-14H2,1-2H3. The van der Waals surface area contributed by atoms with Gasteiger partial charge in [0.1, 0.15) is 0 Å². The fourth-order valence-electron chi connectivity index (χ4n) is 4.21. The number of benzene rings is 1. The first-order chi connectivity index (χ1) is 12.3. The third-order valence-corrected chi connectivity index (χ3v) is 8.19. The zero-order valence-corrected chi connectivity index (χ0v) is 16.5. The molecule has 142 valence electrons. The van der Waals surface area contributed by atoms with Crippen LogP contribution in [0.2, 0.25) is 0 Å². The fraction of sp³-hybridized carbons (Fsp3) is 0.650. The molecule has 0 unspecified atom stereocenters. The maximum Gasteiger partial charge on any atom is 0.243 e. The minimum Gasteiger partial charge on any atom is -0.341 e. The van der Waals surface area contributed by atoms with Crippen LogP contribution >= 0.6 is 0 Å². The average Bonchev–Trinajstić information content (AvgIpc) is 3.46. The van der Waals surface area contributed by atoms with Crippen molar-refractivity contribution in [2.75, 3.05) is 26.2 Å². The number of nitrogens with zero attached hydrogens (tertiary/aromatic N) is 2. The van der Waals surface area contributed by atoms with Crippen LogP contribution in [0, 0.1) is 11.3 Å². The van der Waals surface area contributed by atoms with Crippen molar-refractivity contribution < 1.29 is 13.2 Å². The van der Waals surface area contributed by atoms with Crippen molar-refractivity contribution in [3.05, 3.63) is 29.8 Å². The van der Waals surface area contributed by atoms with E-state index in [0.29, 0.717) is 42.7 Å². The third-order valence-electron chi connectivity index (χ3n) is 6.27. The van der Waals surface area contributed by atoms with Gasteiger partial charge in [0.05, 0.1) is 10.3 Å². The summed E-state index contributed by atoms with van der Waals surface area (Å²) in [6.45, 7) is 6.80. The van der Waals surface area contributed by atoms with E-state index in [2.05, 4.69) is 13.8 Å². The molecule has 1 aromatic carbocycles. The molecule has 1 aromatic rings. The Labute approximate surface area is 156 Å². The Kier molecular flexibility index (Phi) is 4.39. The van der Waals surface area contributed by atoms with Crippen molar-refractivity contribution in [2.45, 2.75) is 50.3 Å². The van der Waals surface area contributed by atoms with Crippen LogP contribution < -0.4 is 0 Å². The SMILES string of the molecule is CC(C)c1ccc(S(=O)(=O)N2CCC3(CC2)CN(CC2CC2)C3=O)cc1. The van der Waals surface area contributed by atoms with Gasteiger partial charge in [0.15, 0.2) is 0 Å². The summed E-state index contributed by atoms with van der Waals surface area (Å²) in [6, 6.07) is 7.21. The van der Waals surface area contributed by atoms with Crippen molar-refractivity contribution in [1.82, 2.24) is 9.21 Å². The summed E-state index contributed by atoms with van der Waals surface area (Å²) in [6.07, 6.45) is 3.80. The molecule has 1 aliphatic carbocycles. The number of sulfonamides is 1. The number of rotatable bonds is 5. The smallest absolute Gasteiger partial charge is 0.243 e. The molecule has 0 bridgehead atoms. The van der Waals surface area contributed by atoms with Crippen molar-refractivity contribution in [3.8, 4) is 0 Å². The second kappa shape index (κ2) is 6.34. The Morgan fingerprint density at radius 1 is 1.12 bits per heavy atom. The van der Waals surface area contributed by atoms with Crippen LogP contribution in [0.3, 0.4) is 0 Å². The fourth-order valence-corrected chi connectivity index (χ4v) is 5.65. The Balaban J connectivity index is 1.40. The van der Waals surface area contributed by atoms with Gasteiger partial charge in [-0.2, -0.15) is 4.31 Å². The molecular weight excluding hydrogens is 348 g/mol. The molecule has 0 aromatic heterocycles. The first kappa shape index (κ1) is 18.0. The molecule has 5 nitrogen and oxygen atoms in total. The zero-order valence-electron chi connectivity index (χ0n) is 15.6. The van der Waals surface area contributed by atoms with E-state index in [-0.39, 0.29) is 11.3 Å². The van der Waals surface area contributed by atoms with E-state index < -0.39 is 10.0 Å². The maximum absolute atomic E-state index is 12.9. The second-order valence-electron chi connectivity index (χ2n) is 8.54. The van der Waals surface area contributed by atoms with Gasteiger partial charge in [-0.3, -0.25) is 4.79 Å². The highest BCUT2D eigenvalue weighted by atomic mass is 32.2. The first-order valence-electron chi connectivity index (χ1n) is 9.71. The maximum atomic E-state index is 12.9. The van der Waals surface area contributed by atoms with Gasteiger partial charge in [-0.25, -0.2) is 8.42 Å². The van der Waals surface area contributed by atoms with Crippen molar-refractivity contribution in [3.63, 3.8) is 0 Å². The largest absolute Gasteiger partial charge is 0.341 e. The Morgan fingerprint density at radius 2 is 1.73 bits per heavy atom. The van der Waals surface area contributed by atoms with E-state index in [9.17, 15) is 13.2 Å². The molecule has 6 heteroatoms. The van der Waals surface area contributed by atoms with Gasteiger partial charge in [-0.05, 0) is 55.2 Å². The van der Waals surface area contributed by atoms with E-state index in [4.69, 9.17) is 0 Å². The molecule has 2 heterocycles. The molecule has 2 aliphatic heterocycles. The molecule has 0 N–H and O–H groups in total. The van der Waals surface area contributed by atoms with E-state index in [0.717, 1.165) is 18.7 Å². The van der Waals surface area contributed by atoms with Crippen LogP contribution in [0.15, 0.2) is 29.2 Å². The van der Waals surface area contributed by atoms with E-state index >= 15 is 0 Å². The van der Waals surface area contributed by atoms with Gasteiger partial charge in [0.2, 0.25) is 15.9 Å². The molecule has 4 rings (SSSR count). The second-order valence-corrected chi connectivity index (χ2v) is 10.5. The topological polar surface area (TPSA) is 57.7 Å². The number of amides is 1. The summed E-state index contributed by atoms with van der Waals surface area (Å²) < 4.78 is 27.4. The summed E-state index contributed by atoms with van der Waals surface area (Å²) in [7, 11) is -3.47. The van der Waals surface area contributed by atoms with Crippen LogP contribution in [0.25, 0.3) is 0 Å². The lowest BCUT2D eigenvalue weighted by Gasteiger charge is -2.52. The lowest BCUT2D eigenvalue weighted by atomic mass is 9.71. The molecule has 3 aliphatic rings. The minimum atomic E-state index is -3.47. The van der Waals surface area contributed by atoms with E-state index in [1.54, 1.807) is 16.4 Å². The van der Waals surface area contributed by atoms with E-state index in [1.165, 1.54) is 12.8 Å². The van der Waals surface area contributed by atoms with Crippen molar-refractivity contribution >= 4 is 15.9 Å². The molecule has 1 spiro atoms. The van der Waals surface area contributed by atoms with Gasteiger partial charge < -0.3 is 4.90 Å². The summed E-state index contributed by atoms with van der Waals surface area (Å²) in [5.74, 6) is 1.35. The number of likely N-dealkylation sites (tertiary alicyclic amines) is 1. The quantitative estimate of drug-likeness (QED) is 0.743. The molecule has 26 heavy (non-hydrogen) atoms. The number of hydrogen-bond donors (Lipinski definition) is 0. The van der Waals surface area contributed by atoms with Crippen LogP contribution in [0.4, 0.5) is 0 Å². The van der Waals surface area contributed by atoms with Crippen LogP contribution in [-0.4, -0.2) is 49.7 Å². The molecular formula is C20H28N2O3S. The van der Waals surface area contributed by atoms with Gasteiger partial charge in [0, 0.05) is 26.2 Å². The highest BCUT2D eigenvalue weighted by molar-refractivity contribution is 7.89. The Morgan fingerprint density at radius 3 is 2.23 bits per heavy atom. The summed E-state index contributed by atoms with van der Waals surface area (Å²) >= 11 is 0. The molecule has 1 saturated carbocycles. The number of hydrogen-bond acceptors (Lipinski definition) is 3. The Bertz CT molecular complexity index is 789. The molecule has 1 amide bonds. The predicted molar refractivity (Wildman–Crippen MR) is 100 cm³/mol. The van der Waals surface area contributed by atoms with Crippen LogP contribution in [0.5, 0.6) is 0 Å². The van der Waals surface area contributed by atoms with Crippen LogP contribution in [0.1, 0.15) is 51.0 Å². The first-order valence-corrected chi connectivity index (χ1v) is 11.2. The Hall–Kier alpha value is -1.40. The number of β-lactam (4-membered cyclic amide) rings is 1.